The summed E-state index contributed by atoms with van der Waals surface area (Å²) >= 11 is 0. The van der Waals surface area contributed by atoms with Crippen LogP contribution in [0, 0.1) is 11.8 Å². The predicted octanol–water partition coefficient (Wildman–Crippen LogP) is 3.30. The largest absolute Gasteiger partial charge is 0.349 e. The van der Waals surface area contributed by atoms with Gasteiger partial charge < -0.3 is 10.2 Å². The van der Waals surface area contributed by atoms with E-state index in [1.165, 1.54) is 0 Å². The van der Waals surface area contributed by atoms with Crippen molar-refractivity contribution in [2.45, 2.75) is 31.8 Å². The van der Waals surface area contributed by atoms with Crippen LogP contribution in [-0.2, 0) is 16.1 Å². The van der Waals surface area contributed by atoms with E-state index in [2.05, 4.69) is 17.4 Å². The zero-order chi connectivity index (χ0) is 17.9. The number of nitrogens with one attached hydrogen (secondary N) is 1. The van der Waals surface area contributed by atoms with Crippen LogP contribution < -0.4 is 5.32 Å². The average molecular weight is 348 g/mol. The lowest BCUT2D eigenvalue weighted by molar-refractivity contribution is -0.129. The predicted molar refractivity (Wildman–Crippen MR) is 100 cm³/mol. The molecule has 2 amide bonds. The number of likely N-dealkylation sites (tertiary alicyclic amines) is 1. The number of benzene rings is 2. The molecule has 2 aromatic rings. The van der Waals surface area contributed by atoms with Gasteiger partial charge in [-0.05, 0) is 29.9 Å². The number of carbonyl (C=O) groups excluding carboxylic acids is 2. The van der Waals surface area contributed by atoms with Crippen molar-refractivity contribution in [3.05, 3.63) is 71.8 Å². The fourth-order valence-corrected chi connectivity index (χ4v) is 3.74. The first-order valence-electron chi connectivity index (χ1n) is 9.38. The third kappa shape index (κ3) is 3.79. The number of hydrogen-bond donors (Lipinski definition) is 1. The van der Waals surface area contributed by atoms with Gasteiger partial charge in [0.05, 0.1) is 12.0 Å². The maximum atomic E-state index is 12.8. The van der Waals surface area contributed by atoms with Crippen molar-refractivity contribution in [2.24, 2.45) is 11.8 Å². The number of nitrogens with zero attached hydrogens (tertiary/aromatic N) is 1. The molecule has 2 fully saturated rings. The van der Waals surface area contributed by atoms with E-state index in [4.69, 9.17) is 0 Å². The van der Waals surface area contributed by atoms with Crippen molar-refractivity contribution in [1.82, 2.24) is 10.2 Å². The van der Waals surface area contributed by atoms with Crippen LogP contribution in [-0.4, -0.2) is 23.3 Å². The van der Waals surface area contributed by atoms with Crippen LogP contribution in [0.25, 0.3) is 0 Å². The van der Waals surface area contributed by atoms with Gasteiger partial charge in [-0.3, -0.25) is 9.59 Å². The first-order chi connectivity index (χ1) is 12.7. The molecule has 1 N–H and O–H groups in total. The highest BCUT2D eigenvalue weighted by atomic mass is 16.2. The van der Waals surface area contributed by atoms with Crippen LogP contribution in [0.2, 0.25) is 0 Å². The van der Waals surface area contributed by atoms with Crippen molar-refractivity contribution in [2.75, 3.05) is 6.54 Å². The summed E-state index contributed by atoms with van der Waals surface area (Å²) in [5.74, 6) is 0.349. The molecular formula is C22H24N2O2. The molecule has 4 nitrogen and oxygen atoms in total. The van der Waals surface area contributed by atoms with E-state index in [1.54, 1.807) is 4.90 Å². The normalized spacial score (nSPS) is 20.8. The van der Waals surface area contributed by atoms with Crippen LogP contribution in [0.5, 0.6) is 0 Å². The Balaban J connectivity index is 1.39. The molecule has 2 aliphatic rings. The molecule has 2 aromatic carbocycles. The van der Waals surface area contributed by atoms with Gasteiger partial charge in [-0.25, -0.2) is 0 Å². The third-order valence-electron chi connectivity index (χ3n) is 5.35. The first-order valence-corrected chi connectivity index (χ1v) is 9.38. The van der Waals surface area contributed by atoms with E-state index in [0.717, 1.165) is 24.0 Å². The average Bonchev–Trinajstić information content (AvgIpc) is 3.45. The lowest BCUT2D eigenvalue weighted by Gasteiger charge is -2.21. The highest BCUT2D eigenvalue weighted by Crippen LogP contribution is 2.41. The van der Waals surface area contributed by atoms with Gasteiger partial charge in [-0.2, -0.15) is 0 Å². The van der Waals surface area contributed by atoms with Gasteiger partial charge in [-0.1, -0.05) is 60.7 Å². The fourth-order valence-electron chi connectivity index (χ4n) is 3.74. The highest BCUT2D eigenvalue weighted by molar-refractivity contribution is 5.89. The maximum Gasteiger partial charge on any atom is 0.225 e. The molecule has 1 aliphatic carbocycles. The van der Waals surface area contributed by atoms with Gasteiger partial charge in [-0.15, -0.1) is 0 Å². The molecule has 1 aliphatic heterocycles. The van der Waals surface area contributed by atoms with Gasteiger partial charge >= 0.3 is 0 Å². The monoisotopic (exact) mass is 348 g/mol. The van der Waals surface area contributed by atoms with E-state index in [-0.39, 0.29) is 23.8 Å². The molecule has 134 valence electrons. The van der Waals surface area contributed by atoms with E-state index in [0.29, 0.717) is 25.4 Å². The van der Waals surface area contributed by atoms with Crippen molar-refractivity contribution in [3.8, 4) is 0 Å². The number of hydrogen-bond acceptors (Lipinski definition) is 2. The van der Waals surface area contributed by atoms with Gasteiger partial charge in [0, 0.05) is 19.5 Å². The van der Waals surface area contributed by atoms with Gasteiger partial charge in [0.15, 0.2) is 0 Å². The minimum Gasteiger partial charge on any atom is -0.349 e. The van der Waals surface area contributed by atoms with Crippen LogP contribution in [0.1, 0.15) is 36.4 Å². The zero-order valence-electron chi connectivity index (χ0n) is 14.8. The van der Waals surface area contributed by atoms with Crippen LogP contribution >= 0.6 is 0 Å². The minimum absolute atomic E-state index is 0.00895. The Labute approximate surface area is 154 Å². The van der Waals surface area contributed by atoms with Crippen molar-refractivity contribution < 1.29 is 9.59 Å². The molecule has 1 saturated heterocycles. The Morgan fingerprint density at radius 3 is 2.35 bits per heavy atom. The Hall–Kier alpha value is -2.62. The lowest BCUT2D eigenvalue weighted by atomic mass is 10.0. The smallest absolute Gasteiger partial charge is 0.225 e. The SMILES string of the molecule is O=C(N[C@@H](c1ccccc1)C1CC1)[C@@H]1CC(=O)N(Cc2ccccc2)C1. The first kappa shape index (κ1) is 16.8. The quantitative estimate of drug-likeness (QED) is 0.871. The Morgan fingerprint density at radius 2 is 1.69 bits per heavy atom. The number of carbonyl (C=O) groups is 2. The van der Waals surface area contributed by atoms with Crippen molar-refractivity contribution in [1.29, 1.82) is 0 Å². The van der Waals surface area contributed by atoms with Gasteiger partial charge in [0.1, 0.15) is 0 Å². The standard InChI is InChI=1S/C22H24N2O2/c25-20-13-19(15-24(20)14-16-7-3-1-4-8-16)22(26)23-21(18-11-12-18)17-9-5-2-6-10-17/h1-10,18-19,21H,11-15H2,(H,23,26)/t19-,21+/m1/s1. The molecule has 0 spiro atoms. The topological polar surface area (TPSA) is 49.4 Å². The molecule has 1 heterocycles. The highest BCUT2D eigenvalue weighted by Gasteiger charge is 2.38. The summed E-state index contributed by atoms with van der Waals surface area (Å²) in [4.78, 5) is 27.0. The molecule has 0 bridgehead atoms. The summed E-state index contributed by atoms with van der Waals surface area (Å²) in [6, 6.07) is 20.2. The molecular weight excluding hydrogens is 324 g/mol. The minimum atomic E-state index is -0.254. The third-order valence-corrected chi connectivity index (χ3v) is 5.35. The summed E-state index contributed by atoms with van der Waals surface area (Å²) in [5, 5.41) is 3.22. The lowest BCUT2D eigenvalue weighted by Crippen LogP contribution is -2.36. The summed E-state index contributed by atoms with van der Waals surface area (Å²) in [6.07, 6.45) is 2.62. The van der Waals surface area contributed by atoms with E-state index in [1.807, 2.05) is 48.5 Å². The zero-order valence-corrected chi connectivity index (χ0v) is 14.8. The molecule has 26 heavy (non-hydrogen) atoms. The maximum absolute atomic E-state index is 12.8. The van der Waals surface area contributed by atoms with Crippen molar-refractivity contribution >= 4 is 11.8 Å². The van der Waals surface area contributed by atoms with Crippen molar-refractivity contribution in [3.63, 3.8) is 0 Å². The molecule has 2 atom stereocenters. The Morgan fingerprint density at radius 1 is 1.04 bits per heavy atom. The van der Waals surface area contributed by atoms with E-state index < -0.39 is 0 Å². The summed E-state index contributed by atoms with van der Waals surface area (Å²) in [5.41, 5.74) is 2.26. The number of rotatable bonds is 6. The molecule has 0 aromatic heterocycles. The second-order valence-electron chi connectivity index (χ2n) is 7.40. The van der Waals surface area contributed by atoms with Gasteiger partial charge in [0.25, 0.3) is 0 Å². The Bertz CT molecular complexity index is 771. The summed E-state index contributed by atoms with van der Waals surface area (Å²) in [6.45, 7) is 1.08. The second-order valence-corrected chi connectivity index (χ2v) is 7.40. The van der Waals surface area contributed by atoms with Gasteiger partial charge in [0.2, 0.25) is 11.8 Å². The fraction of sp³-hybridized carbons (Fsp3) is 0.364. The Kier molecular flexibility index (Phi) is 4.74. The van der Waals surface area contributed by atoms with E-state index >= 15 is 0 Å². The molecule has 4 rings (SSSR count). The van der Waals surface area contributed by atoms with Crippen LogP contribution in [0.4, 0.5) is 0 Å². The summed E-state index contributed by atoms with van der Waals surface area (Å²) < 4.78 is 0. The summed E-state index contributed by atoms with van der Waals surface area (Å²) in [7, 11) is 0. The molecule has 1 saturated carbocycles. The second kappa shape index (κ2) is 7.32. The molecule has 4 heteroatoms. The molecule has 0 unspecified atom stereocenters. The van der Waals surface area contributed by atoms with Crippen LogP contribution in [0.15, 0.2) is 60.7 Å². The van der Waals surface area contributed by atoms with Crippen LogP contribution in [0.3, 0.4) is 0 Å². The number of amides is 2. The van der Waals surface area contributed by atoms with E-state index in [9.17, 15) is 9.59 Å². The molecule has 0 radical (unpaired) electrons.